The average molecular weight is 707 g/mol. The van der Waals surface area contributed by atoms with E-state index in [0.717, 1.165) is 0 Å². The van der Waals surface area contributed by atoms with Gasteiger partial charge >= 0.3 is 0 Å². The van der Waals surface area contributed by atoms with E-state index >= 15 is 0 Å². The van der Waals surface area contributed by atoms with E-state index in [9.17, 15) is 0 Å². The van der Waals surface area contributed by atoms with Crippen LogP contribution >= 0.6 is 45.3 Å². The molecular formula is C44H50S4. The first-order valence-electron chi connectivity index (χ1n) is 18.3. The summed E-state index contributed by atoms with van der Waals surface area (Å²) in [7, 11) is 0. The summed E-state index contributed by atoms with van der Waals surface area (Å²) in [5, 5.41) is 4.64. The van der Waals surface area contributed by atoms with Gasteiger partial charge < -0.3 is 0 Å². The molecule has 0 atom stereocenters. The second-order valence-corrected chi connectivity index (χ2v) is 17.1. The first-order valence-corrected chi connectivity index (χ1v) is 21.7. The lowest BCUT2D eigenvalue weighted by Gasteiger charge is -2.04. The van der Waals surface area contributed by atoms with E-state index in [0.29, 0.717) is 0 Å². The quantitative estimate of drug-likeness (QED) is 0.0736. The third-order valence-corrected chi connectivity index (χ3v) is 14.0. The normalized spacial score (nSPS) is 11.5. The van der Waals surface area contributed by atoms with Crippen molar-refractivity contribution in [3.8, 4) is 51.5 Å². The largest absolute Gasteiger partial charge is 0.142 e. The number of rotatable bonds is 19. The van der Waals surface area contributed by atoms with Crippen molar-refractivity contribution in [2.75, 3.05) is 0 Å². The van der Waals surface area contributed by atoms with Crippen LogP contribution in [0.15, 0.2) is 95.7 Å². The molecule has 48 heavy (non-hydrogen) atoms. The molecular weight excluding hydrogens is 657 g/mol. The fourth-order valence-corrected chi connectivity index (χ4v) is 10.5. The molecule has 4 aromatic heterocycles. The maximum atomic E-state index is 2.37. The molecule has 6 rings (SSSR count). The summed E-state index contributed by atoms with van der Waals surface area (Å²) in [5.41, 5.74) is 8.24. The lowest BCUT2D eigenvalue weighted by Crippen LogP contribution is -1.86. The molecule has 0 N–H and O–H groups in total. The van der Waals surface area contributed by atoms with Crippen molar-refractivity contribution in [2.45, 2.75) is 104 Å². The molecule has 0 saturated carbocycles. The molecule has 0 fully saturated rings. The number of unbranched alkanes of at least 4 members (excludes halogenated alkanes) is 10. The monoisotopic (exact) mass is 706 g/mol. The molecule has 0 radical (unpaired) electrons. The minimum atomic E-state index is 1.20. The molecule has 0 unspecified atom stereocenters. The van der Waals surface area contributed by atoms with Gasteiger partial charge in [-0.25, -0.2) is 0 Å². The van der Waals surface area contributed by atoms with E-state index in [2.05, 4.69) is 110 Å². The summed E-state index contributed by atoms with van der Waals surface area (Å²) in [6, 6.07) is 32.5. The van der Waals surface area contributed by atoms with Gasteiger partial charge in [0.2, 0.25) is 0 Å². The van der Waals surface area contributed by atoms with Gasteiger partial charge in [0.25, 0.3) is 0 Å². The Morgan fingerprint density at radius 3 is 1.10 bits per heavy atom. The predicted molar refractivity (Wildman–Crippen MR) is 219 cm³/mol. The van der Waals surface area contributed by atoms with Crippen LogP contribution in [0.4, 0.5) is 0 Å². The highest BCUT2D eigenvalue weighted by Crippen LogP contribution is 2.44. The molecule has 0 aliphatic carbocycles. The molecule has 0 aliphatic rings. The third-order valence-electron chi connectivity index (χ3n) is 9.35. The summed E-state index contributed by atoms with van der Waals surface area (Å²) in [6.07, 6.45) is 18.7. The Morgan fingerprint density at radius 2 is 0.708 bits per heavy atom. The van der Waals surface area contributed by atoms with Gasteiger partial charge in [-0.15, -0.1) is 45.3 Å². The molecule has 4 heterocycles. The summed E-state index contributed by atoms with van der Waals surface area (Å²) >= 11 is 7.54. The highest BCUT2D eigenvalue weighted by molar-refractivity contribution is 7.28. The van der Waals surface area contributed by atoms with Gasteiger partial charge in [0.1, 0.15) is 0 Å². The Bertz CT molecular complexity index is 1660. The van der Waals surface area contributed by atoms with Crippen molar-refractivity contribution in [3.63, 3.8) is 0 Å². The zero-order chi connectivity index (χ0) is 33.0. The Kier molecular flexibility index (Phi) is 13.4. The molecule has 0 bridgehead atoms. The van der Waals surface area contributed by atoms with Gasteiger partial charge in [0.15, 0.2) is 0 Å². The first kappa shape index (κ1) is 35.1. The second-order valence-electron chi connectivity index (χ2n) is 13.2. The lowest BCUT2D eigenvalue weighted by molar-refractivity contribution is 0.607. The SMILES string of the molecule is CCCCCCCCc1ccc(-c2csc(-c3ccc(-c4ccc(-c5cc(-c6ccc(CCCCCCCC)cc6)cs5)s4)s3)c2)cc1. The van der Waals surface area contributed by atoms with Crippen LogP contribution < -0.4 is 0 Å². The van der Waals surface area contributed by atoms with E-state index in [1.165, 1.54) is 153 Å². The second kappa shape index (κ2) is 18.3. The molecule has 0 aliphatic heterocycles. The zero-order valence-electron chi connectivity index (χ0n) is 28.8. The van der Waals surface area contributed by atoms with E-state index in [1.807, 2.05) is 45.3 Å². The maximum absolute atomic E-state index is 2.37. The summed E-state index contributed by atoms with van der Waals surface area (Å²) in [5.74, 6) is 0. The van der Waals surface area contributed by atoms with Crippen molar-refractivity contribution in [3.05, 3.63) is 107 Å². The summed E-state index contributed by atoms with van der Waals surface area (Å²) in [4.78, 5) is 8.13. The average Bonchev–Trinajstić information content (AvgIpc) is 3.95. The van der Waals surface area contributed by atoms with Crippen LogP contribution in [0.25, 0.3) is 51.5 Å². The molecule has 250 valence electrons. The van der Waals surface area contributed by atoms with Crippen LogP contribution in [0.3, 0.4) is 0 Å². The van der Waals surface area contributed by atoms with Gasteiger partial charge in [-0.3, -0.25) is 0 Å². The lowest BCUT2D eigenvalue weighted by atomic mass is 10.0. The summed E-state index contributed by atoms with van der Waals surface area (Å²) in [6.45, 7) is 4.57. The first-order chi connectivity index (χ1) is 23.7. The molecule has 2 aromatic carbocycles. The highest BCUT2D eigenvalue weighted by Gasteiger charge is 2.13. The minimum absolute atomic E-state index is 1.20. The highest BCUT2D eigenvalue weighted by atomic mass is 32.1. The Hall–Kier alpha value is -2.76. The fraction of sp³-hybridized carbons (Fsp3) is 0.364. The zero-order valence-corrected chi connectivity index (χ0v) is 32.0. The predicted octanol–water partition coefficient (Wildman–Crippen LogP) is 16.1. The fourth-order valence-electron chi connectivity index (χ4n) is 6.39. The van der Waals surface area contributed by atoms with Crippen molar-refractivity contribution >= 4 is 45.3 Å². The Labute approximate surface area is 305 Å². The van der Waals surface area contributed by atoms with Crippen molar-refractivity contribution < 1.29 is 0 Å². The van der Waals surface area contributed by atoms with E-state index < -0.39 is 0 Å². The van der Waals surface area contributed by atoms with Gasteiger partial charge in [-0.2, -0.15) is 0 Å². The maximum Gasteiger partial charge on any atom is 0.0449 e. The molecule has 6 aromatic rings. The Balaban J connectivity index is 1.02. The van der Waals surface area contributed by atoms with Crippen LogP contribution in [-0.2, 0) is 12.8 Å². The van der Waals surface area contributed by atoms with Crippen molar-refractivity contribution in [1.29, 1.82) is 0 Å². The van der Waals surface area contributed by atoms with Gasteiger partial charge in [0, 0.05) is 29.3 Å². The molecule has 0 nitrogen and oxygen atoms in total. The van der Waals surface area contributed by atoms with Crippen molar-refractivity contribution in [1.82, 2.24) is 0 Å². The van der Waals surface area contributed by atoms with Crippen LogP contribution in [0.2, 0.25) is 0 Å². The van der Waals surface area contributed by atoms with Crippen LogP contribution in [0.1, 0.15) is 102 Å². The van der Waals surface area contributed by atoms with Crippen molar-refractivity contribution in [2.24, 2.45) is 0 Å². The van der Waals surface area contributed by atoms with Crippen LogP contribution in [0.5, 0.6) is 0 Å². The molecule has 0 saturated heterocycles. The van der Waals surface area contributed by atoms with Gasteiger partial charge in [0.05, 0.1) is 0 Å². The molecule has 0 amide bonds. The van der Waals surface area contributed by atoms with E-state index in [4.69, 9.17) is 0 Å². The van der Waals surface area contributed by atoms with Gasteiger partial charge in [-0.1, -0.05) is 127 Å². The smallest absolute Gasteiger partial charge is 0.0449 e. The van der Waals surface area contributed by atoms with E-state index in [-0.39, 0.29) is 0 Å². The van der Waals surface area contributed by atoms with Crippen LogP contribution in [0, 0.1) is 0 Å². The number of thiophene rings is 4. The number of benzene rings is 2. The molecule has 0 spiro atoms. The minimum Gasteiger partial charge on any atom is -0.142 e. The Morgan fingerprint density at radius 1 is 0.354 bits per heavy atom. The van der Waals surface area contributed by atoms with Crippen LogP contribution in [-0.4, -0.2) is 0 Å². The number of aryl methyl sites for hydroxylation is 2. The van der Waals surface area contributed by atoms with E-state index in [1.54, 1.807) is 0 Å². The third kappa shape index (κ3) is 9.69. The summed E-state index contributed by atoms with van der Waals surface area (Å²) < 4.78 is 0. The number of hydrogen-bond donors (Lipinski definition) is 0. The number of hydrogen-bond acceptors (Lipinski definition) is 4. The standard InChI is InChI=1S/C44H50S4/c1-3-5-7-9-11-13-15-33-17-21-35(22-18-33)37-29-43(45-31-37)41-27-25-39(47-41)40-26-28-42(48-40)44-30-38(32-46-44)36-23-19-34(20-24-36)16-14-12-10-8-6-4-2/h17-32H,3-16H2,1-2H3. The topological polar surface area (TPSA) is 0 Å². The van der Waals surface area contributed by atoms with Gasteiger partial charge in [-0.05, 0) is 106 Å². The molecule has 4 heteroatoms.